The van der Waals surface area contributed by atoms with Crippen LogP contribution in [0.25, 0.3) is 0 Å². The Labute approximate surface area is 95.5 Å². The predicted octanol–water partition coefficient (Wildman–Crippen LogP) is 3.55. The van der Waals surface area contributed by atoms with Gasteiger partial charge in [-0.1, -0.05) is 0 Å². The van der Waals surface area contributed by atoms with E-state index in [2.05, 4.69) is 4.98 Å². The van der Waals surface area contributed by atoms with Gasteiger partial charge in [0.1, 0.15) is 5.78 Å². The highest BCUT2D eigenvalue weighted by molar-refractivity contribution is 7.09. The van der Waals surface area contributed by atoms with Crippen LogP contribution in [0, 0.1) is 0 Å². The van der Waals surface area contributed by atoms with Gasteiger partial charge in [-0.25, -0.2) is 4.98 Å². The van der Waals surface area contributed by atoms with Gasteiger partial charge in [-0.15, -0.1) is 11.3 Å². The first kappa shape index (κ1) is 13.2. The highest BCUT2D eigenvalue weighted by Gasteiger charge is 2.33. The summed E-state index contributed by atoms with van der Waals surface area (Å²) >= 11 is 1.20. The van der Waals surface area contributed by atoms with E-state index in [9.17, 15) is 18.0 Å². The Kier molecular flexibility index (Phi) is 4.46. The van der Waals surface area contributed by atoms with Crippen LogP contribution in [-0.2, 0) is 4.79 Å². The molecule has 16 heavy (non-hydrogen) atoms. The summed E-state index contributed by atoms with van der Waals surface area (Å²) in [5.74, 6) is -0.785. The summed E-state index contributed by atoms with van der Waals surface area (Å²) in [6.45, 7) is 1.38. The van der Waals surface area contributed by atoms with E-state index in [0.717, 1.165) is 0 Å². The maximum atomic E-state index is 12.3. The highest BCUT2D eigenvalue weighted by Crippen LogP contribution is 2.35. The Morgan fingerprint density at radius 1 is 1.56 bits per heavy atom. The largest absolute Gasteiger partial charge is 0.389 e. The maximum absolute atomic E-state index is 12.3. The zero-order valence-corrected chi connectivity index (χ0v) is 9.57. The first-order valence-corrected chi connectivity index (χ1v) is 5.72. The Bertz CT molecular complexity index is 334. The summed E-state index contributed by atoms with van der Waals surface area (Å²) in [5.41, 5.74) is 0. The highest BCUT2D eigenvalue weighted by atomic mass is 32.1. The number of ketones is 1. The van der Waals surface area contributed by atoms with Crippen LogP contribution in [0.4, 0.5) is 13.2 Å². The smallest absolute Gasteiger partial charge is 0.300 e. The molecule has 1 aromatic heterocycles. The van der Waals surface area contributed by atoms with Crippen molar-refractivity contribution in [2.45, 2.75) is 38.3 Å². The molecule has 0 bridgehead atoms. The molecule has 1 rings (SSSR count). The molecule has 0 spiro atoms. The minimum Gasteiger partial charge on any atom is -0.300 e. The second-order valence-corrected chi connectivity index (χ2v) is 4.55. The van der Waals surface area contributed by atoms with Gasteiger partial charge >= 0.3 is 6.18 Å². The maximum Gasteiger partial charge on any atom is 0.389 e. The van der Waals surface area contributed by atoms with E-state index in [1.165, 1.54) is 24.5 Å². The van der Waals surface area contributed by atoms with E-state index in [4.69, 9.17) is 0 Å². The van der Waals surface area contributed by atoms with Gasteiger partial charge in [0.05, 0.1) is 11.4 Å². The van der Waals surface area contributed by atoms with E-state index in [1.807, 2.05) is 0 Å². The molecular formula is C10H12F3NOS. The van der Waals surface area contributed by atoms with Crippen molar-refractivity contribution in [1.82, 2.24) is 4.98 Å². The molecule has 90 valence electrons. The number of carbonyl (C=O) groups is 1. The Morgan fingerprint density at radius 2 is 2.25 bits per heavy atom. The summed E-state index contributed by atoms with van der Waals surface area (Å²) in [6, 6.07) is 0. The van der Waals surface area contributed by atoms with Crippen LogP contribution in [0.1, 0.15) is 37.1 Å². The number of alkyl halides is 3. The van der Waals surface area contributed by atoms with Crippen molar-refractivity contribution in [1.29, 1.82) is 0 Å². The molecule has 0 fully saturated rings. The second kappa shape index (κ2) is 5.43. The van der Waals surface area contributed by atoms with Crippen LogP contribution in [0.2, 0.25) is 0 Å². The minimum absolute atomic E-state index is 0.0938. The number of thiazole rings is 1. The molecule has 0 N–H and O–H groups in total. The summed E-state index contributed by atoms with van der Waals surface area (Å²) < 4.78 is 36.9. The molecule has 1 heterocycles. The third-order valence-electron chi connectivity index (χ3n) is 2.12. The lowest BCUT2D eigenvalue weighted by Crippen LogP contribution is -2.14. The average molecular weight is 251 g/mol. The van der Waals surface area contributed by atoms with Gasteiger partial charge in [-0.2, -0.15) is 13.2 Å². The first-order chi connectivity index (χ1) is 7.38. The molecule has 1 aromatic rings. The topological polar surface area (TPSA) is 30.0 Å². The van der Waals surface area contributed by atoms with E-state index in [1.54, 1.807) is 5.38 Å². The van der Waals surface area contributed by atoms with Crippen LogP contribution in [0.3, 0.4) is 0 Å². The van der Waals surface area contributed by atoms with E-state index in [-0.39, 0.29) is 18.6 Å². The molecule has 2 nitrogen and oxygen atoms in total. The van der Waals surface area contributed by atoms with Gasteiger partial charge in [0.25, 0.3) is 0 Å². The SMILES string of the molecule is CC(=O)CCC(CC(F)(F)F)c1nccs1. The zero-order valence-electron chi connectivity index (χ0n) is 8.75. The monoisotopic (exact) mass is 251 g/mol. The van der Waals surface area contributed by atoms with Crippen molar-refractivity contribution < 1.29 is 18.0 Å². The molecule has 0 aliphatic heterocycles. The van der Waals surface area contributed by atoms with Crippen molar-refractivity contribution in [3.05, 3.63) is 16.6 Å². The zero-order chi connectivity index (χ0) is 12.2. The van der Waals surface area contributed by atoms with Crippen molar-refractivity contribution in [2.24, 2.45) is 0 Å². The molecule has 0 amide bonds. The van der Waals surface area contributed by atoms with E-state index < -0.39 is 18.5 Å². The lowest BCUT2D eigenvalue weighted by molar-refractivity contribution is -0.139. The van der Waals surface area contributed by atoms with E-state index in [0.29, 0.717) is 5.01 Å². The fourth-order valence-electron chi connectivity index (χ4n) is 1.41. The fourth-order valence-corrected chi connectivity index (χ4v) is 2.18. The van der Waals surface area contributed by atoms with Crippen molar-refractivity contribution >= 4 is 17.1 Å². The summed E-state index contributed by atoms with van der Waals surface area (Å²) in [4.78, 5) is 14.7. The molecule has 6 heteroatoms. The number of rotatable bonds is 5. The number of hydrogen-bond acceptors (Lipinski definition) is 3. The van der Waals surface area contributed by atoms with Crippen LogP contribution < -0.4 is 0 Å². The Balaban J connectivity index is 2.66. The summed E-state index contributed by atoms with van der Waals surface area (Å²) in [7, 11) is 0. The fraction of sp³-hybridized carbons (Fsp3) is 0.600. The molecular weight excluding hydrogens is 239 g/mol. The van der Waals surface area contributed by atoms with Crippen molar-refractivity contribution in [3.8, 4) is 0 Å². The van der Waals surface area contributed by atoms with Gasteiger partial charge in [0.2, 0.25) is 0 Å². The third-order valence-corrected chi connectivity index (χ3v) is 3.06. The lowest BCUT2D eigenvalue weighted by atomic mass is 9.98. The molecule has 0 aliphatic rings. The molecule has 0 radical (unpaired) electrons. The van der Waals surface area contributed by atoms with Crippen LogP contribution in [0.5, 0.6) is 0 Å². The number of aromatic nitrogens is 1. The Morgan fingerprint density at radius 3 is 2.69 bits per heavy atom. The van der Waals surface area contributed by atoms with Crippen molar-refractivity contribution in [2.75, 3.05) is 0 Å². The standard InChI is InChI=1S/C10H12F3NOS/c1-7(15)2-3-8(6-10(11,12)13)9-14-4-5-16-9/h4-5,8H,2-3,6H2,1H3. The summed E-state index contributed by atoms with van der Waals surface area (Å²) in [6.07, 6.45) is -3.26. The molecule has 0 aliphatic carbocycles. The van der Waals surface area contributed by atoms with Gasteiger partial charge in [0.15, 0.2) is 0 Å². The van der Waals surface area contributed by atoms with Crippen LogP contribution >= 0.6 is 11.3 Å². The molecule has 1 unspecified atom stereocenters. The number of hydrogen-bond donors (Lipinski definition) is 0. The van der Waals surface area contributed by atoms with Gasteiger partial charge in [0, 0.05) is 23.9 Å². The predicted molar refractivity (Wildman–Crippen MR) is 55.4 cm³/mol. The Hall–Kier alpha value is -0.910. The number of halogens is 3. The van der Waals surface area contributed by atoms with Crippen LogP contribution in [0.15, 0.2) is 11.6 Å². The molecule has 0 saturated heterocycles. The number of carbonyl (C=O) groups excluding carboxylic acids is 1. The minimum atomic E-state index is -4.22. The second-order valence-electron chi connectivity index (χ2n) is 3.63. The third kappa shape index (κ3) is 4.74. The van der Waals surface area contributed by atoms with Gasteiger partial charge < -0.3 is 4.79 Å². The molecule has 1 atom stereocenters. The number of nitrogens with zero attached hydrogens (tertiary/aromatic N) is 1. The van der Waals surface area contributed by atoms with Crippen LogP contribution in [-0.4, -0.2) is 16.9 Å². The lowest BCUT2D eigenvalue weighted by Gasteiger charge is -2.15. The normalized spacial score (nSPS) is 13.8. The summed E-state index contributed by atoms with van der Waals surface area (Å²) in [5, 5.41) is 2.10. The van der Waals surface area contributed by atoms with Gasteiger partial charge in [-0.05, 0) is 13.3 Å². The van der Waals surface area contributed by atoms with E-state index >= 15 is 0 Å². The van der Waals surface area contributed by atoms with Crippen molar-refractivity contribution in [3.63, 3.8) is 0 Å². The quantitative estimate of drug-likeness (QED) is 0.801. The average Bonchev–Trinajstić information content (AvgIpc) is 2.62. The molecule has 0 saturated carbocycles. The molecule has 0 aromatic carbocycles. The first-order valence-electron chi connectivity index (χ1n) is 4.84. The number of Topliss-reactive ketones (excluding diaryl/α,β-unsaturated/α-hetero) is 1. The van der Waals surface area contributed by atoms with Gasteiger partial charge in [-0.3, -0.25) is 0 Å².